The van der Waals surface area contributed by atoms with Crippen molar-refractivity contribution in [2.75, 3.05) is 46.3 Å². The van der Waals surface area contributed by atoms with E-state index < -0.39 is 5.97 Å². The first kappa shape index (κ1) is 23.0. The Labute approximate surface area is 190 Å². The second-order valence-corrected chi connectivity index (χ2v) is 8.49. The van der Waals surface area contributed by atoms with Crippen LogP contribution >= 0.6 is 22.9 Å². The van der Waals surface area contributed by atoms with Gasteiger partial charge in [0.15, 0.2) is 5.13 Å². The molecule has 0 saturated carbocycles. The standard InChI is InChI=1S/C22H24ClN3O4S/c1-25(2)12-5-13-26(20(27)14-6-8-15(9-7-14)21(28)30-4)22-24-18-17(29-3)11-10-16(23)19(18)31-22/h6-11H,5,12-13H2,1-4H3. The highest BCUT2D eigenvalue weighted by Gasteiger charge is 2.23. The van der Waals surface area contributed by atoms with Crippen molar-refractivity contribution in [2.24, 2.45) is 0 Å². The van der Waals surface area contributed by atoms with E-state index in [1.165, 1.54) is 18.4 Å². The summed E-state index contributed by atoms with van der Waals surface area (Å²) in [5.41, 5.74) is 1.46. The fourth-order valence-corrected chi connectivity index (χ4v) is 4.35. The van der Waals surface area contributed by atoms with Gasteiger partial charge in [0, 0.05) is 12.1 Å². The van der Waals surface area contributed by atoms with Crippen LogP contribution < -0.4 is 9.64 Å². The van der Waals surface area contributed by atoms with E-state index in [4.69, 9.17) is 21.1 Å². The average Bonchev–Trinajstić information content (AvgIpc) is 3.22. The van der Waals surface area contributed by atoms with Crippen LogP contribution in [0.3, 0.4) is 0 Å². The van der Waals surface area contributed by atoms with Crippen molar-refractivity contribution in [3.8, 4) is 5.75 Å². The lowest BCUT2D eigenvalue weighted by molar-refractivity contribution is 0.0600. The molecule has 3 aromatic rings. The number of ether oxygens (including phenoxy) is 2. The van der Waals surface area contributed by atoms with E-state index in [1.54, 1.807) is 48.4 Å². The Morgan fingerprint density at radius 1 is 1.03 bits per heavy atom. The predicted octanol–water partition coefficient (Wildman–Crippen LogP) is 4.34. The minimum Gasteiger partial charge on any atom is -0.494 e. The van der Waals surface area contributed by atoms with Gasteiger partial charge < -0.3 is 14.4 Å². The zero-order valence-electron chi connectivity index (χ0n) is 17.8. The molecule has 0 unspecified atom stereocenters. The van der Waals surface area contributed by atoms with Crippen LogP contribution in [-0.2, 0) is 4.74 Å². The van der Waals surface area contributed by atoms with E-state index in [1.807, 2.05) is 14.1 Å². The van der Waals surface area contributed by atoms with Crippen molar-refractivity contribution in [3.63, 3.8) is 0 Å². The summed E-state index contributed by atoms with van der Waals surface area (Å²) in [6.45, 7) is 1.30. The fraction of sp³-hybridized carbons (Fsp3) is 0.318. The molecule has 0 N–H and O–H groups in total. The molecule has 0 spiro atoms. The third kappa shape index (κ3) is 5.15. The Bertz CT molecular complexity index is 1080. The maximum Gasteiger partial charge on any atom is 0.337 e. The Morgan fingerprint density at radius 2 is 1.71 bits per heavy atom. The zero-order valence-corrected chi connectivity index (χ0v) is 19.4. The maximum atomic E-state index is 13.4. The number of anilines is 1. The van der Waals surface area contributed by atoms with Gasteiger partial charge in [0.2, 0.25) is 0 Å². The van der Waals surface area contributed by atoms with Crippen LogP contribution in [0.4, 0.5) is 5.13 Å². The van der Waals surface area contributed by atoms with Crippen LogP contribution in [0.5, 0.6) is 5.75 Å². The third-order valence-electron chi connectivity index (χ3n) is 4.68. The summed E-state index contributed by atoms with van der Waals surface area (Å²) < 4.78 is 10.9. The molecule has 0 aliphatic carbocycles. The van der Waals surface area contributed by atoms with Gasteiger partial charge in [-0.25, -0.2) is 9.78 Å². The molecular weight excluding hydrogens is 438 g/mol. The van der Waals surface area contributed by atoms with Gasteiger partial charge in [0.1, 0.15) is 11.3 Å². The van der Waals surface area contributed by atoms with E-state index in [2.05, 4.69) is 9.88 Å². The Balaban J connectivity index is 1.98. The second kappa shape index (κ2) is 10.1. The molecule has 1 heterocycles. The van der Waals surface area contributed by atoms with Crippen molar-refractivity contribution in [3.05, 3.63) is 52.5 Å². The Hall–Kier alpha value is -2.68. The molecule has 9 heteroatoms. The predicted molar refractivity (Wildman–Crippen MR) is 124 cm³/mol. The van der Waals surface area contributed by atoms with Crippen molar-refractivity contribution in [1.29, 1.82) is 0 Å². The van der Waals surface area contributed by atoms with E-state index >= 15 is 0 Å². The van der Waals surface area contributed by atoms with E-state index in [-0.39, 0.29) is 5.91 Å². The number of nitrogens with zero attached hydrogens (tertiary/aromatic N) is 3. The lowest BCUT2D eigenvalue weighted by Gasteiger charge is -2.21. The van der Waals surface area contributed by atoms with Crippen molar-refractivity contribution >= 4 is 50.2 Å². The molecule has 0 atom stereocenters. The number of fused-ring (bicyclic) bond motifs is 1. The van der Waals surface area contributed by atoms with Crippen LogP contribution in [-0.4, -0.2) is 63.2 Å². The van der Waals surface area contributed by atoms with Gasteiger partial charge in [-0.15, -0.1) is 0 Å². The Morgan fingerprint density at radius 3 is 2.32 bits per heavy atom. The SMILES string of the molecule is COC(=O)c1ccc(C(=O)N(CCCN(C)C)c2nc3c(OC)ccc(Cl)c3s2)cc1. The van der Waals surface area contributed by atoms with Crippen molar-refractivity contribution in [2.45, 2.75) is 6.42 Å². The van der Waals surface area contributed by atoms with Gasteiger partial charge in [0.25, 0.3) is 5.91 Å². The van der Waals surface area contributed by atoms with Crippen LogP contribution in [0.25, 0.3) is 10.2 Å². The van der Waals surface area contributed by atoms with Gasteiger partial charge >= 0.3 is 5.97 Å². The molecule has 1 aromatic heterocycles. The molecule has 3 rings (SSSR count). The maximum absolute atomic E-state index is 13.4. The number of methoxy groups -OCH3 is 2. The quantitative estimate of drug-likeness (QED) is 0.464. The van der Waals surface area contributed by atoms with Gasteiger partial charge in [-0.2, -0.15) is 0 Å². The molecule has 0 aliphatic rings. The van der Waals surface area contributed by atoms with Gasteiger partial charge in [-0.3, -0.25) is 9.69 Å². The number of hydrogen-bond acceptors (Lipinski definition) is 7. The summed E-state index contributed by atoms with van der Waals surface area (Å²) in [7, 11) is 6.87. The number of rotatable bonds is 8. The summed E-state index contributed by atoms with van der Waals surface area (Å²) in [6, 6.07) is 9.92. The molecule has 0 fully saturated rings. The third-order valence-corrected chi connectivity index (χ3v) is 6.22. The zero-order chi connectivity index (χ0) is 22.5. The van der Waals surface area contributed by atoms with Gasteiger partial charge in [0.05, 0.1) is 29.5 Å². The number of amides is 1. The number of aromatic nitrogens is 1. The molecule has 0 aliphatic heterocycles. The highest BCUT2D eigenvalue weighted by molar-refractivity contribution is 7.23. The summed E-state index contributed by atoms with van der Waals surface area (Å²) in [5, 5.41) is 1.10. The number of halogens is 1. The minimum absolute atomic E-state index is 0.204. The van der Waals surface area contributed by atoms with Gasteiger partial charge in [-0.1, -0.05) is 22.9 Å². The Kier molecular flexibility index (Phi) is 7.48. The molecule has 1 amide bonds. The van der Waals surface area contributed by atoms with Crippen molar-refractivity contribution < 1.29 is 19.1 Å². The van der Waals surface area contributed by atoms with E-state index in [0.29, 0.717) is 39.1 Å². The molecule has 0 bridgehead atoms. The van der Waals surface area contributed by atoms with E-state index in [0.717, 1.165) is 17.7 Å². The highest BCUT2D eigenvalue weighted by Crippen LogP contribution is 2.39. The number of thiazole rings is 1. The van der Waals surface area contributed by atoms with Crippen LogP contribution in [0, 0.1) is 0 Å². The molecule has 2 aromatic carbocycles. The lowest BCUT2D eigenvalue weighted by atomic mass is 10.1. The molecule has 7 nitrogen and oxygen atoms in total. The number of hydrogen-bond donors (Lipinski definition) is 0. The molecule has 164 valence electrons. The van der Waals surface area contributed by atoms with Crippen LogP contribution in [0.2, 0.25) is 5.02 Å². The summed E-state index contributed by atoms with van der Waals surface area (Å²) >= 11 is 7.72. The number of carbonyl (C=O) groups excluding carboxylic acids is 2. The van der Waals surface area contributed by atoms with Crippen molar-refractivity contribution in [1.82, 2.24) is 9.88 Å². The minimum atomic E-state index is -0.449. The van der Waals surface area contributed by atoms with Gasteiger partial charge in [-0.05, 0) is 63.5 Å². The molecular formula is C22H24ClN3O4S. The first-order valence-electron chi connectivity index (χ1n) is 9.63. The van der Waals surface area contributed by atoms with E-state index in [9.17, 15) is 9.59 Å². The fourth-order valence-electron chi connectivity index (χ4n) is 3.07. The number of esters is 1. The number of benzene rings is 2. The molecule has 0 radical (unpaired) electrons. The molecule has 31 heavy (non-hydrogen) atoms. The number of carbonyl (C=O) groups is 2. The smallest absolute Gasteiger partial charge is 0.337 e. The summed E-state index contributed by atoms with van der Waals surface area (Å²) in [6.07, 6.45) is 0.764. The summed E-state index contributed by atoms with van der Waals surface area (Å²) in [4.78, 5) is 33.5. The largest absolute Gasteiger partial charge is 0.494 e. The summed E-state index contributed by atoms with van der Waals surface area (Å²) in [5.74, 6) is -0.0518. The lowest BCUT2D eigenvalue weighted by Crippen LogP contribution is -2.33. The average molecular weight is 462 g/mol. The molecule has 0 saturated heterocycles. The highest BCUT2D eigenvalue weighted by atomic mass is 35.5. The second-order valence-electron chi connectivity index (χ2n) is 7.11. The van der Waals surface area contributed by atoms with Crippen LogP contribution in [0.1, 0.15) is 27.1 Å². The monoisotopic (exact) mass is 461 g/mol. The first-order chi connectivity index (χ1) is 14.8. The normalized spacial score (nSPS) is 11.0. The van der Waals surface area contributed by atoms with Crippen LogP contribution in [0.15, 0.2) is 36.4 Å². The first-order valence-corrected chi connectivity index (χ1v) is 10.8. The topological polar surface area (TPSA) is 72.0 Å².